The van der Waals surface area contributed by atoms with Crippen LogP contribution in [0, 0.1) is 5.92 Å². The Morgan fingerprint density at radius 1 is 1.48 bits per heavy atom. The lowest BCUT2D eigenvalue weighted by Crippen LogP contribution is -2.46. The summed E-state index contributed by atoms with van der Waals surface area (Å²) in [4.78, 5) is 4.10. The lowest BCUT2D eigenvalue weighted by atomic mass is 9.79. The zero-order valence-electron chi connectivity index (χ0n) is 12.9. The highest BCUT2D eigenvalue weighted by Gasteiger charge is 2.42. The second kappa shape index (κ2) is 7.12. The summed E-state index contributed by atoms with van der Waals surface area (Å²) in [6.45, 7) is 0.943. The smallest absolute Gasteiger partial charge is 0.0783 e. The Morgan fingerprint density at radius 2 is 2.33 bits per heavy atom. The van der Waals surface area contributed by atoms with Crippen molar-refractivity contribution in [1.29, 1.82) is 0 Å². The normalized spacial score (nSPS) is 30.6. The fourth-order valence-electron chi connectivity index (χ4n) is 3.76. The van der Waals surface area contributed by atoms with E-state index in [1.54, 1.807) is 0 Å². The van der Waals surface area contributed by atoms with Crippen LogP contribution in [0.15, 0.2) is 24.5 Å². The molecule has 3 nitrogen and oxygen atoms in total. The minimum absolute atomic E-state index is 0.194. The molecule has 1 aromatic rings. The van der Waals surface area contributed by atoms with E-state index in [-0.39, 0.29) is 5.60 Å². The molecule has 1 aromatic heterocycles. The van der Waals surface area contributed by atoms with Crippen LogP contribution in [-0.2, 0) is 11.2 Å². The number of pyridine rings is 1. The summed E-state index contributed by atoms with van der Waals surface area (Å²) in [5, 5.41) is 3.57. The zero-order valence-corrected chi connectivity index (χ0v) is 13.7. The van der Waals surface area contributed by atoms with Crippen molar-refractivity contribution < 1.29 is 4.74 Å². The number of nitrogens with one attached hydrogen (secondary N) is 1. The Hall–Kier alpha value is -0.580. The van der Waals surface area contributed by atoms with Crippen LogP contribution < -0.4 is 5.32 Å². The number of thioether (sulfide) groups is 1. The van der Waals surface area contributed by atoms with Gasteiger partial charge in [0.15, 0.2) is 0 Å². The quantitative estimate of drug-likeness (QED) is 0.907. The fraction of sp³-hybridized carbons (Fsp3) is 0.706. The van der Waals surface area contributed by atoms with E-state index in [1.807, 2.05) is 12.4 Å². The molecule has 3 rings (SSSR count). The van der Waals surface area contributed by atoms with Gasteiger partial charge in [-0.3, -0.25) is 4.98 Å². The van der Waals surface area contributed by atoms with E-state index in [9.17, 15) is 0 Å². The lowest BCUT2D eigenvalue weighted by Gasteiger charge is -2.41. The van der Waals surface area contributed by atoms with Gasteiger partial charge in [0.2, 0.25) is 0 Å². The van der Waals surface area contributed by atoms with Crippen molar-refractivity contribution >= 4 is 11.8 Å². The first-order chi connectivity index (χ1) is 10.3. The van der Waals surface area contributed by atoms with Gasteiger partial charge in [-0.1, -0.05) is 0 Å². The molecule has 0 aliphatic carbocycles. The Morgan fingerprint density at radius 3 is 3.05 bits per heavy atom. The first-order valence-corrected chi connectivity index (χ1v) is 9.25. The second-order valence-electron chi connectivity index (χ2n) is 6.38. The Balaban J connectivity index is 1.57. The largest absolute Gasteiger partial charge is 0.374 e. The summed E-state index contributed by atoms with van der Waals surface area (Å²) in [6, 6.07) is 4.86. The van der Waals surface area contributed by atoms with Gasteiger partial charge in [-0.05, 0) is 68.5 Å². The number of aromatic nitrogens is 1. The van der Waals surface area contributed by atoms with Crippen LogP contribution in [-0.4, -0.2) is 41.8 Å². The number of nitrogens with zero attached hydrogens (tertiary/aromatic N) is 1. The number of hydrogen-bond donors (Lipinski definition) is 1. The van der Waals surface area contributed by atoms with Gasteiger partial charge in [0.25, 0.3) is 0 Å². The van der Waals surface area contributed by atoms with Gasteiger partial charge in [-0.25, -0.2) is 0 Å². The second-order valence-corrected chi connectivity index (χ2v) is 7.48. The van der Waals surface area contributed by atoms with E-state index >= 15 is 0 Å². The van der Waals surface area contributed by atoms with Gasteiger partial charge >= 0.3 is 0 Å². The number of rotatable bonds is 5. The van der Waals surface area contributed by atoms with Crippen LogP contribution in [0.5, 0.6) is 0 Å². The third-order valence-corrected chi connectivity index (χ3v) is 6.25. The van der Waals surface area contributed by atoms with Crippen molar-refractivity contribution in [2.24, 2.45) is 5.92 Å². The molecule has 0 saturated carbocycles. The van der Waals surface area contributed by atoms with Crippen molar-refractivity contribution in [1.82, 2.24) is 10.3 Å². The van der Waals surface area contributed by atoms with E-state index in [2.05, 4.69) is 41.2 Å². The summed E-state index contributed by atoms with van der Waals surface area (Å²) in [7, 11) is 2.11. The molecule has 4 heteroatoms. The maximum atomic E-state index is 6.16. The maximum absolute atomic E-state index is 6.16. The Labute approximate surface area is 132 Å². The van der Waals surface area contributed by atoms with E-state index in [4.69, 9.17) is 4.74 Å². The van der Waals surface area contributed by atoms with E-state index in [1.165, 1.54) is 42.8 Å². The summed E-state index contributed by atoms with van der Waals surface area (Å²) >= 11 is 2.06. The first kappa shape index (κ1) is 15.3. The summed E-state index contributed by atoms with van der Waals surface area (Å²) in [5.74, 6) is 3.22. The molecule has 2 aliphatic heterocycles. The molecule has 1 spiro atoms. The Kier molecular flexibility index (Phi) is 5.19. The molecule has 116 valence electrons. The molecule has 0 amide bonds. The van der Waals surface area contributed by atoms with Crippen LogP contribution in [0.2, 0.25) is 0 Å². The van der Waals surface area contributed by atoms with Crippen LogP contribution >= 0.6 is 11.8 Å². The molecule has 0 radical (unpaired) electrons. The van der Waals surface area contributed by atoms with Gasteiger partial charge < -0.3 is 10.1 Å². The predicted octanol–water partition coefficient (Wildman–Crippen LogP) is 2.90. The van der Waals surface area contributed by atoms with Gasteiger partial charge in [0.1, 0.15) is 0 Å². The van der Waals surface area contributed by atoms with Crippen molar-refractivity contribution in [3.8, 4) is 0 Å². The van der Waals surface area contributed by atoms with Crippen LogP contribution in [0.25, 0.3) is 0 Å². The molecule has 21 heavy (non-hydrogen) atoms. The SMILES string of the molecule is CNC(CCc1ccncc1)C1CCOC2(CCSC2)C1. The van der Waals surface area contributed by atoms with E-state index in [0.29, 0.717) is 6.04 Å². The molecule has 3 heterocycles. The molecular formula is C17H26N2OS. The first-order valence-electron chi connectivity index (χ1n) is 8.09. The van der Waals surface area contributed by atoms with Crippen molar-refractivity contribution in [3.05, 3.63) is 30.1 Å². The fourth-order valence-corrected chi connectivity index (χ4v) is 5.14. The molecule has 0 aromatic carbocycles. The maximum Gasteiger partial charge on any atom is 0.0783 e. The average Bonchev–Trinajstić information content (AvgIpc) is 2.97. The minimum atomic E-state index is 0.194. The molecule has 2 saturated heterocycles. The van der Waals surface area contributed by atoms with Crippen LogP contribution in [0.3, 0.4) is 0 Å². The van der Waals surface area contributed by atoms with Crippen molar-refractivity contribution in [2.45, 2.75) is 43.7 Å². The van der Waals surface area contributed by atoms with E-state index < -0.39 is 0 Å². The van der Waals surface area contributed by atoms with Gasteiger partial charge in [0.05, 0.1) is 5.60 Å². The zero-order chi connectivity index (χ0) is 14.5. The Bertz CT molecular complexity index is 434. The summed E-state index contributed by atoms with van der Waals surface area (Å²) in [5.41, 5.74) is 1.59. The van der Waals surface area contributed by atoms with E-state index in [0.717, 1.165) is 18.9 Å². The third-order valence-electron chi connectivity index (χ3n) is 5.03. The van der Waals surface area contributed by atoms with Gasteiger partial charge in [-0.2, -0.15) is 11.8 Å². The molecule has 2 fully saturated rings. The van der Waals surface area contributed by atoms with Gasteiger partial charge in [-0.15, -0.1) is 0 Å². The van der Waals surface area contributed by atoms with Crippen LogP contribution in [0.1, 0.15) is 31.2 Å². The topological polar surface area (TPSA) is 34.2 Å². The van der Waals surface area contributed by atoms with Crippen LogP contribution in [0.4, 0.5) is 0 Å². The van der Waals surface area contributed by atoms with Crippen molar-refractivity contribution in [3.63, 3.8) is 0 Å². The molecule has 3 atom stereocenters. The molecule has 0 bridgehead atoms. The highest BCUT2D eigenvalue weighted by atomic mass is 32.2. The number of hydrogen-bond acceptors (Lipinski definition) is 4. The lowest BCUT2D eigenvalue weighted by molar-refractivity contribution is -0.0851. The van der Waals surface area contributed by atoms with Gasteiger partial charge in [0, 0.05) is 30.8 Å². The molecule has 2 aliphatic rings. The average molecular weight is 306 g/mol. The predicted molar refractivity (Wildman–Crippen MR) is 88.8 cm³/mol. The third kappa shape index (κ3) is 3.79. The number of ether oxygens (including phenoxy) is 1. The molecule has 1 N–H and O–H groups in total. The monoisotopic (exact) mass is 306 g/mol. The van der Waals surface area contributed by atoms with Crippen molar-refractivity contribution in [2.75, 3.05) is 25.2 Å². The minimum Gasteiger partial charge on any atom is -0.374 e. The highest BCUT2D eigenvalue weighted by molar-refractivity contribution is 7.99. The summed E-state index contributed by atoms with van der Waals surface area (Å²) < 4.78 is 6.16. The standard InChI is InChI=1S/C17H26N2OS/c1-18-16(3-2-14-4-8-19-9-5-14)15-6-10-20-17(12-15)7-11-21-13-17/h4-5,8-9,15-16,18H,2-3,6-7,10-13H2,1H3. The summed E-state index contributed by atoms with van der Waals surface area (Å²) in [6.07, 6.45) is 9.80. The highest BCUT2D eigenvalue weighted by Crippen LogP contribution is 2.41. The molecule has 3 unspecified atom stereocenters. The molecular weight excluding hydrogens is 280 g/mol. The number of aryl methyl sites for hydroxylation is 1.